The van der Waals surface area contributed by atoms with Crippen molar-refractivity contribution in [2.75, 3.05) is 6.61 Å². The second-order valence-corrected chi connectivity index (χ2v) is 4.30. The summed E-state index contributed by atoms with van der Waals surface area (Å²) in [6.45, 7) is 1.98. The molecule has 1 aromatic carbocycles. The third-order valence-electron chi connectivity index (χ3n) is 3.10. The van der Waals surface area contributed by atoms with E-state index in [4.69, 9.17) is 4.74 Å². The molecule has 5 nitrogen and oxygen atoms in total. The van der Waals surface area contributed by atoms with Crippen molar-refractivity contribution in [3.63, 3.8) is 0 Å². The Morgan fingerprint density at radius 2 is 2.10 bits per heavy atom. The molecule has 3 rings (SSSR count). The van der Waals surface area contributed by atoms with E-state index < -0.39 is 5.97 Å². The molecule has 20 heavy (non-hydrogen) atoms. The van der Waals surface area contributed by atoms with Crippen LogP contribution in [0.4, 0.5) is 0 Å². The van der Waals surface area contributed by atoms with Gasteiger partial charge in [0.15, 0.2) is 0 Å². The largest absolute Gasteiger partial charge is 0.462 e. The van der Waals surface area contributed by atoms with Crippen molar-refractivity contribution in [1.82, 2.24) is 9.97 Å². The number of nitrogens with zero attached hydrogens (tertiary/aromatic N) is 1. The van der Waals surface area contributed by atoms with Gasteiger partial charge in [-0.15, -0.1) is 0 Å². The van der Waals surface area contributed by atoms with Gasteiger partial charge in [-0.25, -0.2) is 4.79 Å². The maximum atomic E-state index is 12.2. The highest BCUT2D eigenvalue weighted by atomic mass is 16.5. The first-order valence-electron chi connectivity index (χ1n) is 6.29. The normalized spacial score (nSPS) is 10.8. The van der Waals surface area contributed by atoms with E-state index in [1.165, 1.54) is 12.3 Å². The summed E-state index contributed by atoms with van der Waals surface area (Å²) < 4.78 is 4.98. The van der Waals surface area contributed by atoms with Crippen LogP contribution in [0.2, 0.25) is 0 Å². The smallest absolute Gasteiger partial charge is 0.339 e. The number of H-pyrrole nitrogens is 1. The van der Waals surface area contributed by atoms with Crippen LogP contribution in [0, 0.1) is 0 Å². The third-order valence-corrected chi connectivity index (χ3v) is 3.10. The number of pyridine rings is 2. The van der Waals surface area contributed by atoms with E-state index in [1.807, 2.05) is 18.2 Å². The maximum absolute atomic E-state index is 12.2. The molecule has 3 aromatic rings. The number of fused-ring (bicyclic) bond motifs is 3. The van der Waals surface area contributed by atoms with E-state index in [2.05, 4.69) is 9.97 Å². The third kappa shape index (κ3) is 1.84. The second kappa shape index (κ2) is 4.77. The lowest BCUT2D eigenvalue weighted by Gasteiger charge is -2.07. The Hall–Kier alpha value is -2.69. The number of carbonyl (C=O) groups is 1. The molecule has 5 heteroatoms. The lowest BCUT2D eigenvalue weighted by Crippen LogP contribution is -2.14. The molecule has 0 aliphatic rings. The average molecular weight is 268 g/mol. The molecule has 2 aromatic heterocycles. The number of esters is 1. The minimum atomic E-state index is -0.513. The van der Waals surface area contributed by atoms with Gasteiger partial charge >= 0.3 is 5.97 Å². The van der Waals surface area contributed by atoms with Crippen LogP contribution in [0.25, 0.3) is 21.8 Å². The Balaban J connectivity index is 2.43. The predicted octanol–water partition coefficient (Wildman–Crippen LogP) is 2.25. The second-order valence-electron chi connectivity index (χ2n) is 4.30. The highest BCUT2D eigenvalue weighted by Crippen LogP contribution is 2.21. The fourth-order valence-corrected chi connectivity index (χ4v) is 2.26. The lowest BCUT2D eigenvalue weighted by molar-refractivity contribution is 0.0528. The van der Waals surface area contributed by atoms with Gasteiger partial charge in [0, 0.05) is 11.6 Å². The van der Waals surface area contributed by atoms with Crippen LogP contribution in [0.3, 0.4) is 0 Å². The van der Waals surface area contributed by atoms with Crippen LogP contribution in [-0.2, 0) is 4.74 Å². The van der Waals surface area contributed by atoms with Gasteiger partial charge < -0.3 is 9.72 Å². The first kappa shape index (κ1) is 12.3. The topological polar surface area (TPSA) is 72.0 Å². The van der Waals surface area contributed by atoms with Gasteiger partial charge in [0.2, 0.25) is 0 Å². The maximum Gasteiger partial charge on any atom is 0.339 e. The molecule has 0 saturated carbocycles. The first-order chi connectivity index (χ1) is 9.72. The SMILES string of the molecule is CCOC(=O)c1ccnc2c1c(=O)[nH]c1ccccc12. The number of rotatable bonds is 2. The van der Waals surface area contributed by atoms with E-state index >= 15 is 0 Å². The molecule has 0 aliphatic heterocycles. The van der Waals surface area contributed by atoms with Gasteiger partial charge in [-0.3, -0.25) is 9.78 Å². The first-order valence-corrected chi connectivity index (χ1v) is 6.29. The van der Waals surface area contributed by atoms with Crippen LogP contribution < -0.4 is 5.56 Å². The van der Waals surface area contributed by atoms with Crippen molar-refractivity contribution in [3.05, 3.63) is 52.4 Å². The summed E-state index contributed by atoms with van der Waals surface area (Å²) in [5.41, 5.74) is 1.10. The number of aromatic nitrogens is 2. The molecular formula is C15H12N2O3. The summed E-state index contributed by atoms with van der Waals surface area (Å²) in [7, 11) is 0. The molecule has 0 aliphatic carbocycles. The molecule has 0 radical (unpaired) electrons. The zero-order valence-electron chi connectivity index (χ0n) is 10.8. The molecule has 0 fully saturated rings. The van der Waals surface area contributed by atoms with Crippen molar-refractivity contribution >= 4 is 27.8 Å². The number of para-hydroxylation sites is 1. The Morgan fingerprint density at radius 3 is 2.90 bits per heavy atom. The monoisotopic (exact) mass is 268 g/mol. The van der Waals surface area contributed by atoms with E-state index in [-0.39, 0.29) is 23.1 Å². The standard InChI is InChI=1S/C15H12N2O3/c1-2-20-15(19)10-7-8-16-13-9-5-3-4-6-11(9)17-14(18)12(10)13/h3-8H,2H2,1H3,(H,17,18). The predicted molar refractivity (Wildman–Crippen MR) is 75.8 cm³/mol. The lowest BCUT2D eigenvalue weighted by atomic mass is 10.1. The Kier molecular flexibility index (Phi) is 2.95. The zero-order chi connectivity index (χ0) is 14.1. The average Bonchev–Trinajstić information content (AvgIpc) is 2.47. The Morgan fingerprint density at radius 1 is 1.30 bits per heavy atom. The summed E-state index contributed by atoms with van der Waals surface area (Å²) in [5, 5.41) is 1.07. The van der Waals surface area contributed by atoms with Crippen molar-refractivity contribution in [1.29, 1.82) is 0 Å². The summed E-state index contributed by atoms with van der Waals surface area (Å²) in [4.78, 5) is 31.2. The number of ether oxygens (including phenoxy) is 1. The highest BCUT2D eigenvalue weighted by Gasteiger charge is 2.16. The molecule has 2 heterocycles. The van der Waals surface area contributed by atoms with Gasteiger partial charge in [-0.1, -0.05) is 18.2 Å². The van der Waals surface area contributed by atoms with Gasteiger partial charge in [0.1, 0.15) is 0 Å². The van der Waals surface area contributed by atoms with E-state index in [1.54, 1.807) is 13.0 Å². The minimum absolute atomic E-state index is 0.240. The summed E-state index contributed by atoms with van der Waals surface area (Å²) in [6, 6.07) is 8.85. The fourth-order valence-electron chi connectivity index (χ4n) is 2.26. The molecule has 0 bridgehead atoms. The molecule has 0 amide bonds. The van der Waals surface area contributed by atoms with E-state index in [0.29, 0.717) is 11.0 Å². The van der Waals surface area contributed by atoms with E-state index in [0.717, 1.165) is 5.39 Å². The number of carbonyl (C=O) groups excluding carboxylic acids is 1. The van der Waals surface area contributed by atoms with Gasteiger partial charge in [0.05, 0.1) is 28.6 Å². The van der Waals surface area contributed by atoms with Gasteiger partial charge in [-0.05, 0) is 19.1 Å². The van der Waals surface area contributed by atoms with E-state index in [9.17, 15) is 9.59 Å². The molecule has 1 N–H and O–H groups in total. The zero-order valence-corrected chi connectivity index (χ0v) is 10.8. The van der Waals surface area contributed by atoms with Crippen LogP contribution in [-0.4, -0.2) is 22.5 Å². The van der Waals surface area contributed by atoms with Gasteiger partial charge in [0.25, 0.3) is 5.56 Å². The van der Waals surface area contributed by atoms with Crippen molar-refractivity contribution < 1.29 is 9.53 Å². The summed E-state index contributed by atoms with van der Waals surface area (Å²) >= 11 is 0. The fraction of sp³-hybridized carbons (Fsp3) is 0.133. The molecule has 0 atom stereocenters. The molecular weight excluding hydrogens is 256 g/mol. The van der Waals surface area contributed by atoms with Crippen molar-refractivity contribution in [2.24, 2.45) is 0 Å². The molecule has 0 spiro atoms. The number of hydrogen-bond donors (Lipinski definition) is 1. The Labute approximate surface area is 114 Å². The Bertz CT molecular complexity index is 868. The number of benzene rings is 1. The molecule has 0 saturated heterocycles. The van der Waals surface area contributed by atoms with Crippen LogP contribution in [0.15, 0.2) is 41.3 Å². The number of aromatic amines is 1. The van der Waals surface area contributed by atoms with Crippen LogP contribution in [0.5, 0.6) is 0 Å². The van der Waals surface area contributed by atoms with Crippen molar-refractivity contribution in [3.8, 4) is 0 Å². The molecule has 100 valence electrons. The van der Waals surface area contributed by atoms with Crippen molar-refractivity contribution in [2.45, 2.75) is 6.92 Å². The minimum Gasteiger partial charge on any atom is -0.462 e. The van der Waals surface area contributed by atoms with Crippen LogP contribution >= 0.6 is 0 Å². The van der Waals surface area contributed by atoms with Crippen LogP contribution in [0.1, 0.15) is 17.3 Å². The summed E-state index contributed by atoms with van der Waals surface area (Å²) in [5.74, 6) is -0.513. The number of nitrogens with one attached hydrogen (secondary N) is 1. The quantitative estimate of drug-likeness (QED) is 0.571. The summed E-state index contributed by atoms with van der Waals surface area (Å²) in [6.07, 6.45) is 1.51. The molecule has 0 unspecified atom stereocenters. The van der Waals surface area contributed by atoms with Gasteiger partial charge in [-0.2, -0.15) is 0 Å². The number of hydrogen-bond acceptors (Lipinski definition) is 4. The highest BCUT2D eigenvalue weighted by molar-refractivity contribution is 6.10.